The molecule has 12 nitrogen and oxygen atoms in total. The number of rotatable bonds is 6. The van der Waals surface area contributed by atoms with Crippen molar-refractivity contribution in [2.75, 3.05) is 0 Å². The van der Waals surface area contributed by atoms with Crippen molar-refractivity contribution in [1.82, 2.24) is 59.8 Å². The second kappa shape index (κ2) is 15.1. The molecule has 7 aromatic carbocycles. The average molecular weight is 847 g/mol. The van der Waals surface area contributed by atoms with Crippen LogP contribution in [0, 0.1) is 0 Å². The lowest BCUT2D eigenvalue weighted by molar-refractivity contribution is 1.18. The smallest absolute Gasteiger partial charge is 0.199 e. The maximum atomic E-state index is 5.24. The summed E-state index contributed by atoms with van der Waals surface area (Å²) in [5, 5.41) is 0. The molecule has 6 heterocycles. The van der Waals surface area contributed by atoms with E-state index in [2.05, 4.69) is 0 Å². The van der Waals surface area contributed by atoms with E-state index >= 15 is 0 Å². The lowest BCUT2D eigenvalue weighted by atomic mass is 10.0. The summed E-state index contributed by atoms with van der Waals surface area (Å²) in [7, 11) is 0. The predicted octanol–water partition coefficient (Wildman–Crippen LogP) is 11.3. The largest absolute Gasteiger partial charge is 0.223 e. The lowest BCUT2D eigenvalue weighted by Crippen LogP contribution is -2.05. The molecule has 12 heteroatoms. The molecule has 0 amide bonds. The van der Waals surface area contributed by atoms with Gasteiger partial charge in [-0.25, -0.2) is 59.8 Å². The van der Waals surface area contributed by atoms with Crippen molar-refractivity contribution in [3.63, 3.8) is 0 Å². The van der Waals surface area contributed by atoms with Crippen LogP contribution < -0.4 is 0 Å². The molecule has 0 spiro atoms. The molecular formula is C54H30N12. The van der Waals surface area contributed by atoms with Crippen LogP contribution in [0.15, 0.2) is 182 Å². The van der Waals surface area contributed by atoms with Crippen LogP contribution in [-0.2, 0) is 0 Å². The summed E-state index contributed by atoms with van der Waals surface area (Å²) >= 11 is 0. The predicted molar refractivity (Wildman–Crippen MR) is 258 cm³/mol. The molecule has 0 saturated carbocycles. The van der Waals surface area contributed by atoms with Gasteiger partial charge in [-0.05, 0) is 0 Å². The zero-order valence-electron chi connectivity index (χ0n) is 34.7. The van der Waals surface area contributed by atoms with Gasteiger partial charge in [-0.2, -0.15) is 0 Å². The first-order valence-corrected chi connectivity index (χ1v) is 21.3. The van der Waals surface area contributed by atoms with Gasteiger partial charge >= 0.3 is 0 Å². The molecule has 0 unspecified atom stereocenters. The Morgan fingerprint density at radius 2 is 0.288 bits per heavy atom. The molecule has 13 aromatic rings. The van der Waals surface area contributed by atoms with Gasteiger partial charge in [0, 0.05) is 33.4 Å². The van der Waals surface area contributed by atoms with Crippen LogP contribution in [0.3, 0.4) is 0 Å². The molecule has 0 saturated heterocycles. The van der Waals surface area contributed by atoms with Crippen molar-refractivity contribution in [3.8, 4) is 67.5 Å². The number of benzene rings is 7. The van der Waals surface area contributed by atoms with Crippen LogP contribution in [0.1, 0.15) is 0 Å². The van der Waals surface area contributed by atoms with Crippen molar-refractivity contribution in [3.05, 3.63) is 182 Å². The summed E-state index contributed by atoms with van der Waals surface area (Å²) in [5.74, 6) is 0. The van der Waals surface area contributed by atoms with E-state index in [1.807, 2.05) is 182 Å². The van der Waals surface area contributed by atoms with Crippen LogP contribution in [0.25, 0.3) is 135 Å². The molecule has 0 fully saturated rings. The van der Waals surface area contributed by atoms with E-state index in [1.54, 1.807) is 0 Å². The van der Waals surface area contributed by atoms with Crippen LogP contribution in [0.5, 0.6) is 0 Å². The Labute approximate surface area is 374 Å². The van der Waals surface area contributed by atoms with E-state index in [-0.39, 0.29) is 0 Å². The SMILES string of the molecule is c1ccc(-c2nc3nc4c5nc6nc(-c7ccccc7)c(-c7ccccc7)nc6nc5c5nc6nc(-c7ccccc7)c(-c7ccccc7)nc6nc5c4nc3nc2-c2ccccc2)cc1. The first-order chi connectivity index (χ1) is 32.7. The fourth-order valence-electron chi connectivity index (χ4n) is 8.43. The second-order valence-electron chi connectivity index (χ2n) is 15.7. The van der Waals surface area contributed by atoms with Crippen LogP contribution in [-0.4, -0.2) is 59.8 Å². The Kier molecular flexibility index (Phi) is 8.52. The molecule has 0 atom stereocenters. The van der Waals surface area contributed by atoms with Gasteiger partial charge in [0.2, 0.25) is 0 Å². The Balaban J connectivity index is 1.16. The summed E-state index contributed by atoms with van der Waals surface area (Å²) in [4.78, 5) is 62.5. The number of hydrogen-bond donors (Lipinski definition) is 0. The average Bonchev–Trinajstić information content (AvgIpc) is 3.40. The second-order valence-corrected chi connectivity index (χ2v) is 15.7. The van der Waals surface area contributed by atoms with Crippen LogP contribution >= 0.6 is 0 Å². The summed E-state index contributed by atoms with van der Waals surface area (Å²) in [6.07, 6.45) is 0. The molecule has 0 aliphatic heterocycles. The van der Waals surface area contributed by atoms with Crippen LogP contribution in [0.4, 0.5) is 0 Å². The number of hydrogen-bond acceptors (Lipinski definition) is 12. The highest BCUT2D eigenvalue weighted by molar-refractivity contribution is 6.20. The monoisotopic (exact) mass is 846 g/mol. The third kappa shape index (κ3) is 6.23. The molecule has 0 aliphatic rings. The number of nitrogens with zero attached hydrogens (tertiary/aromatic N) is 12. The van der Waals surface area contributed by atoms with E-state index in [4.69, 9.17) is 59.8 Å². The third-order valence-corrected chi connectivity index (χ3v) is 11.5. The summed E-state index contributed by atoms with van der Waals surface area (Å²) in [6, 6.07) is 59.8. The van der Waals surface area contributed by atoms with Gasteiger partial charge in [0.15, 0.2) is 33.9 Å². The zero-order chi connectivity index (χ0) is 43.6. The van der Waals surface area contributed by atoms with Crippen molar-refractivity contribution in [2.24, 2.45) is 0 Å². The normalized spacial score (nSPS) is 11.6. The van der Waals surface area contributed by atoms with E-state index < -0.39 is 0 Å². The molecule has 306 valence electrons. The highest BCUT2D eigenvalue weighted by Gasteiger charge is 2.25. The van der Waals surface area contributed by atoms with Gasteiger partial charge < -0.3 is 0 Å². The van der Waals surface area contributed by atoms with E-state index in [0.29, 0.717) is 101 Å². The maximum absolute atomic E-state index is 5.24. The Bertz CT molecular complexity index is 3300. The third-order valence-electron chi connectivity index (χ3n) is 11.5. The molecule has 13 rings (SSSR count). The van der Waals surface area contributed by atoms with Gasteiger partial charge in [0.05, 0.1) is 34.2 Å². The molecule has 0 aliphatic carbocycles. The number of aromatic nitrogens is 12. The first kappa shape index (κ1) is 37.2. The Morgan fingerprint density at radius 1 is 0.152 bits per heavy atom. The summed E-state index contributed by atoms with van der Waals surface area (Å²) in [5.41, 5.74) is 13.7. The van der Waals surface area contributed by atoms with Gasteiger partial charge in [0.25, 0.3) is 0 Å². The molecule has 66 heavy (non-hydrogen) atoms. The Hall–Kier alpha value is -9.42. The molecule has 6 aromatic heterocycles. The molecule has 0 bridgehead atoms. The van der Waals surface area contributed by atoms with E-state index in [9.17, 15) is 0 Å². The minimum atomic E-state index is 0.325. The van der Waals surface area contributed by atoms with Gasteiger partial charge in [-0.15, -0.1) is 0 Å². The molecular weight excluding hydrogens is 817 g/mol. The lowest BCUT2D eigenvalue weighted by Gasteiger charge is -2.14. The van der Waals surface area contributed by atoms with Crippen molar-refractivity contribution in [2.45, 2.75) is 0 Å². The highest BCUT2D eigenvalue weighted by Crippen LogP contribution is 2.37. The minimum Gasteiger partial charge on any atom is -0.223 e. The quantitative estimate of drug-likeness (QED) is 0.115. The van der Waals surface area contributed by atoms with Gasteiger partial charge in [0.1, 0.15) is 33.1 Å². The van der Waals surface area contributed by atoms with E-state index in [0.717, 1.165) is 33.4 Å². The zero-order valence-corrected chi connectivity index (χ0v) is 34.7. The fraction of sp³-hybridized carbons (Fsp3) is 0. The molecule has 0 N–H and O–H groups in total. The topological polar surface area (TPSA) is 155 Å². The van der Waals surface area contributed by atoms with Crippen molar-refractivity contribution < 1.29 is 0 Å². The number of fused-ring (bicyclic) bond motifs is 9. The van der Waals surface area contributed by atoms with Crippen molar-refractivity contribution in [1.29, 1.82) is 0 Å². The maximum Gasteiger partial charge on any atom is 0.199 e. The standard InChI is InChI=1S/C54H30N12/c1-7-19-31(20-8-1)37-38(32-21-9-2-10-22-32)56-50-49(55-37)61-43-44(62-50)46-48(66-54-53(64-46)59-41(35-27-15-5-16-28-35)42(60-54)36-29-17-6-18-30-36)47-45(43)63-51-52(65-47)58-40(34-25-13-4-14-26-34)39(57-51)33-23-11-3-12-24-33/h1-30H. The van der Waals surface area contributed by atoms with Crippen LogP contribution in [0.2, 0.25) is 0 Å². The minimum absolute atomic E-state index is 0.325. The van der Waals surface area contributed by atoms with Gasteiger partial charge in [-0.3, -0.25) is 0 Å². The van der Waals surface area contributed by atoms with Crippen molar-refractivity contribution >= 4 is 67.0 Å². The summed E-state index contributed by atoms with van der Waals surface area (Å²) < 4.78 is 0. The highest BCUT2D eigenvalue weighted by atomic mass is 15.1. The first-order valence-electron chi connectivity index (χ1n) is 21.3. The van der Waals surface area contributed by atoms with Gasteiger partial charge in [-0.1, -0.05) is 182 Å². The van der Waals surface area contributed by atoms with E-state index in [1.165, 1.54) is 0 Å². The molecule has 0 radical (unpaired) electrons. The summed E-state index contributed by atoms with van der Waals surface area (Å²) in [6.45, 7) is 0. The fourth-order valence-corrected chi connectivity index (χ4v) is 8.43. The Morgan fingerprint density at radius 3 is 0.424 bits per heavy atom.